The summed E-state index contributed by atoms with van der Waals surface area (Å²) in [5.41, 5.74) is 0.938. The van der Waals surface area contributed by atoms with Gasteiger partial charge in [-0.25, -0.2) is 0 Å². The Labute approximate surface area is 114 Å². The molecule has 0 aliphatic heterocycles. The second-order valence-electron chi connectivity index (χ2n) is 5.57. The van der Waals surface area contributed by atoms with E-state index in [1.165, 1.54) is 25.7 Å². The van der Waals surface area contributed by atoms with Crippen LogP contribution in [0, 0.1) is 11.8 Å². The van der Waals surface area contributed by atoms with Crippen molar-refractivity contribution in [1.29, 1.82) is 0 Å². The van der Waals surface area contributed by atoms with E-state index in [0.29, 0.717) is 6.04 Å². The van der Waals surface area contributed by atoms with Crippen molar-refractivity contribution in [2.75, 3.05) is 14.2 Å². The molecule has 2 aliphatic rings. The number of hydrogen-bond acceptors (Lipinski definition) is 4. The zero-order chi connectivity index (χ0) is 13.2. The lowest BCUT2D eigenvalue weighted by molar-refractivity contribution is 0.344. The molecule has 2 saturated carbocycles. The first-order valence-electron chi connectivity index (χ1n) is 7.12. The van der Waals surface area contributed by atoms with Crippen LogP contribution in [0.4, 0.5) is 0 Å². The Morgan fingerprint density at radius 2 is 1.89 bits per heavy atom. The number of methoxy groups -OCH3 is 2. The molecule has 0 amide bonds. The lowest BCUT2D eigenvalue weighted by Gasteiger charge is -2.18. The SMILES string of the molecule is COc1ccnc(CNC(C2CC2)C2CC2)c1OC. The van der Waals surface area contributed by atoms with E-state index in [0.717, 1.165) is 35.6 Å². The second kappa shape index (κ2) is 5.37. The van der Waals surface area contributed by atoms with E-state index in [1.807, 2.05) is 6.07 Å². The van der Waals surface area contributed by atoms with Gasteiger partial charge in [-0.15, -0.1) is 0 Å². The number of aromatic nitrogens is 1. The van der Waals surface area contributed by atoms with Crippen LogP contribution in [-0.4, -0.2) is 25.2 Å². The number of hydrogen-bond donors (Lipinski definition) is 1. The molecule has 2 fully saturated rings. The first-order chi connectivity index (χ1) is 9.33. The van der Waals surface area contributed by atoms with Crippen molar-refractivity contribution in [3.05, 3.63) is 18.0 Å². The Kier molecular flexibility index (Phi) is 3.60. The quantitative estimate of drug-likeness (QED) is 0.819. The summed E-state index contributed by atoms with van der Waals surface area (Å²) in [6.07, 6.45) is 7.32. The maximum atomic E-state index is 5.42. The van der Waals surface area contributed by atoms with Crippen molar-refractivity contribution >= 4 is 0 Å². The lowest BCUT2D eigenvalue weighted by Crippen LogP contribution is -2.33. The van der Waals surface area contributed by atoms with Crippen molar-refractivity contribution in [2.45, 2.75) is 38.3 Å². The molecule has 0 saturated heterocycles. The van der Waals surface area contributed by atoms with Crippen molar-refractivity contribution in [2.24, 2.45) is 11.8 Å². The van der Waals surface area contributed by atoms with Gasteiger partial charge in [0.15, 0.2) is 11.5 Å². The third-order valence-corrected chi connectivity index (χ3v) is 4.13. The van der Waals surface area contributed by atoms with Crippen LogP contribution in [0.25, 0.3) is 0 Å². The number of nitrogens with zero attached hydrogens (tertiary/aromatic N) is 1. The molecule has 19 heavy (non-hydrogen) atoms. The van der Waals surface area contributed by atoms with Gasteiger partial charge >= 0.3 is 0 Å². The molecule has 104 valence electrons. The van der Waals surface area contributed by atoms with E-state index in [9.17, 15) is 0 Å². The molecule has 1 aromatic heterocycles. The minimum absolute atomic E-state index is 0.678. The Hall–Kier alpha value is -1.29. The highest BCUT2D eigenvalue weighted by Gasteiger charge is 2.41. The fourth-order valence-corrected chi connectivity index (χ4v) is 2.82. The molecule has 0 bridgehead atoms. The second-order valence-corrected chi connectivity index (χ2v) is 5.57. The van der Waals surface area contributed by atoms with E-state index < -0.39 is 0 Å². The Bertz CT molecular complexity index is 430. The fourth-order valence-electron chi connectivity index (χ4n) is 2.82. The number of rotatable bonds is 7. The normalized spacial score (nSPS) is 18.7. The largest absolute Gasteiger partial charge is 0.493 e. The van der Waals surface area contributed by atoms with Gasteiger partial charge in [0.05, 0.1) is 19.9 Å². The van der Waals surface area contributed by atoms with Gasteiger partial charge in [-0.3, -0.25) is 4.98 Å². The molecule has 0 atom stereocenters. The van der Waals surface area contributed by atoms with E-state index in [4.69, 9.17) is 9.47 Å². The Morgan fingerprint density at radius 3 is 2.42 bits per heavy atom. The van der Waals surface area contributed by atoms with Crippen LogP contribution >= 0.6 is 0 Å². The van der Waals surface area contributed by atoms with Gasteiger partial charge in [0.25, 0.3) is 0 Å². The Morgan fingerprint density at radius 1 is 1.21 bits per heavy atom. The zero-order valence-corrected chi connectivity index (χ0v) is 11.7. The van der Waals surface area contributed by atoms with Crippen LogP contribution in [-0.2, 0) is 6.54 Å². The summed E-state index contributed by atoms with van der Waals surface area (Å²) in [5, 5.41) is 3.69. The smallest absolute Gasteiger partial charge is 0.183 e. The van der Waals surface area contributed by atoms with Crippen molar-refractivity contribution in [1.82, 2.24) is 10.3 Å². The van der Waals surface area contributed by atoms with Crippen LogP contribution in [0.1, 0.15) is 31.4 Å². The maximum absolute atomic E-state index is 5.42. The van der Waals surface area contributed by atoms with E-state index in [1.54, 1.807) is 20.4 Å². The summed E-state index contributed by atoms with van der Waals surface area (Å²) in [4.78, 5) is 4.42. The maximum Gasteiger partial charge on any atom is 0.183 e. The molecule has 0 aromatic carbocycles. The van der Waals surface area contributed by atoms with Gasteiger partial charge in [0, 0.05) is 24.8 Å². The summed E-state index contributed by atoms with van der Waals surface area (Å²) in [7, 11) is 3.33. The van der Waals surface area contributed by atoms with Crippen LogP contribution < -0.4 is 14.8 Å². The first kappa shape index (κ1) is 12.7. The number of nitrogens with one attached hydrogen (secondary N) is 1. The van der Waals surface area contributed by atoms with E-state index in [2.05, 4.69) is 10.3 Å². The van der Waals surface area contributed by atoms with Crippen LogP contribution in [0.5, 0.6) is 11.5 Å². The molecule has 2 aliphatic carbocycles. The van der Waals surface area contributed by atoms with Gasteiger partial charge in [-0.2, -0.15) is 0 Å². The standard InChI is InChI=1S/C15H22N2O2/c1-18-13-7-8-16-12(15(13)19-2)9-17-14(10-3-4-10)11-5-6-11/h7-8,10-11,14,17H,3-6,9H2,1-2H3. The van der Waals surface area contributed by atoms with Crippen LogP contribution in [0.3, 0.4) is 0 Å². The third-order valence-electron chi connectivity index (χ3n) is 4.13. The molecular weight excluding hydrogens is 240 g/mol. The third kappa shape index (κ3) is 2.84. The average molecular weight is 262 g/mol. The summed E-state index contributed by atoms with van der Waals surface area (Å²) < 4.78 is 10.7. The van der Waals surface area contributed by atoms with Gasteiger partial charge in [0.1, 0.15) is 0 Å². The summed E-state index contributed by atoms with van der Waals surface area (Å²) in [5.74, 6) is 3.29. The molecule has 1 aromatic rings. The summed E-state index contributed by atoms with van der Waals surface area (Å²) in [6, 6.07) is 2.51. The van der Waals surface area contributed by atoms with Crippen molar-refractivity contribution < 1.29 is 9.47 Å². The number of pyridine rings is 1. The monoisotopic (exact) mass is 262 g/mol. The average Bonchev–Trinajstić information content (AvgIpc) is 3.30. The molecule has 4 heteroatoms. The van der Waals surface area contributed by atoms with Gasteiger partial charge in [-0.1, -0.05) is 0 Å². The van der Waals surface area contributed by atoms with Crippen LogP contribution in [0.2, 0.25) is 0 Å². The van der Waals surface area contributed by atoms with E-state index in [-0.39, 0.29) is 0 Å². The Balaban J connectivity index is 1.68. The minimum atomic E-state index is 0.678. The summed E-state index contributed by atoms with van der Waals surface area (Å²) in [6.45, 7) is 0.762. The summed E-state index contributed by atoms with van der Waals surface area (Å²) >= 11 is 0. The molecule has 4 nitrogen and oxygen atoms in total. The molecule has 3 rings (SSSR count). The molecule has 0 unspecified atom stereocenters. The van der Waals surface area contributed by atoms with Crippen LogP contribution in [0.15, 0.2) is 12.3 Å². The topological polar surface area (TPSA) is 43.4 Å². The highest BCUT2D eigenvalue weighted by atomic mass is 16.5. The van der Waals surface area contributed by atoms with Gasteiger partial charge in [-0.05, 0) is 37.5 Å². The predicted molar refractivity (Wildman–Crippen MR) is 73.4 cm³/mol. The minimum Gasteiger partial charge on any atom is -0.493 e. The highest BCUT2D eigenvalue weighted by Crippen LogP contribution is 2.44. The predicted octanol–water partition coefficient (Wildman–Crippen LogP) is 2.38. The molecule has 1 N–H and O–H groups in total. The number of ether oxygens (including phenoxy) is 2. The molecular formula is C15H22N2O2. The molecule has 1 heterocycles. The zero-order valence-electron chi connectivity index (χ0n) is 11.7. The highest BCUT2D eigenvalue weighted by molar-refractivity contribution is 5.42. The van der Waals surface area contributed by atoms with Gasteiger partial charge < -0.3 is 14.8 Å². The first-order valence-corrected chi connectivity index (χ1v) is 7.12. The van der Waals surface area contributed by atoms with Crippen molar-refractivity contribution in [3.8, 4) is 11.5 Å². The van der Waals surface area contributed by atoms with Crippen molar-refractivity contribution in [3.63, 3.8) is 0 Å². The fraction of sp³-hybridized carbons (Fsp3) is 0.667. The molecule has 0 spiro atoms. The molecule has 0 radical (unpaired) electrons. The van der Waals surface area contributed by atoms with E-state index >= 15 is 0 Å². The lowest BCUT2D eigenvalue weighted by atomic mass is 10.1. The van der Waals surface area contributed by atoms with Gasteiger partial charge in [0.2, 0.25) is 0 Å².